The van der Waals surface area contributed by atoms with E-state index in [4.69, 9.17) is 4.74 Å². The fraction of sp³-hybridized carbons (Fsp3) is 0.917. The van der Waals surface area contributed by atoms with Gasteiger partial charge in [0.05, 0.1) is 0 Å². The van der Waals surface area contributed by atoms with E-state index in [2.05, 4.69) is 25.8 Å². The Morgan fingerprint density at radius 1 is 1.19 bits per heavy atom. The molecule has 1 rings (SSSR count). The van der Waals surface area contributed by atoms with E-state index >= 15 is 0 Å². The van der Waals surface area contributed by atoms with Gasteiger partial charge in [-0.2, -0.15) is 0 Å². The van der Waals surface area contributed by atoms with Crippen molar-refractivity contribution in [3.63, 3.8) is 0 Å². The van der Waals surface area contributed by atoms with Crippen molar-refractivity contribution in [3.8, 4) is 0 Å². The lowest BCUT2D eigenvalue weighted by Gasteiger charge is -2.42. The van der Waals surface area contributed by atoms with Gasteiger partial charge >= 0.3 is 6.09 Å². The summed E-state index contributed by atoms with van der Waals surface area (Å²) < 4.78 is 5.40. The smallest absolute Gasteiger partial charge is 0.410 e. The Morgan fingerprint density at radius 2 is 1.75 bits per heavy atom. The Labute approximate surface area is 98.5 Å². The SMILES string of the molecule is C[C@@H]1CN(C(=O)OC(C)(C)C)[C@@H](C)CN1C. The molecular weight excluding hydrogens is 204 g/mol. The van der Waals surface area contributed by atoms with E-state index in [1.807, 2.05) is 25.7 Å². The van der Waals surface area contributed by atoms with Crippen molar-refractivity contribution in [2.45, 2.75) is 52.3 Å². The maximum Gasteiger partial charge on any atom is 0.410 e. The first-order chi connectivity index (χ1) is 7.20. The molecule has 1 aliphatic heterocycles. The highest BCUT2D eigenvalue weighted by molar-refractivity contribution is 5.68. The fourth-order valence-corrected chi connectivity index (χ4v) is 1.87. The zero-order chi connectivity index (χ0) is 12.5. The molecule has 4 nitrogen and oxygen atoms in total. The van der Waals surface area contributed by atoms with Crippen LogP contribution in [-0.2, 0) is 4.74 Å². The number of hydrogen-bond donors (Lipinski definition) is 0. The predicted molar refractivity (Wildman–Crippen MR) is 64.5 cm³/mol. The van der Waals surface area contributed by atoms with E-state index in [0.717, 1.165) is 13.1 Å². The lowest BCUT2D eigenvalue weighted by Crippen LogP contribution is -2.57. The summed E-state index contributed by atoms with van der Waals surface area (Å²) in [6.45, 7) is 11.5. The number of carbonyl (C=O) groups excluding carboxylic acids is 1. The van der Waals surface area contributed by atoms with E-state index in [1.165, 1.54) is 0 Å². The molecule has 94 valence electrons. The minimum atomic E-state index is -0.413. The van der Waals surface area contributed by atoms with Crippen LogP contribution < -0.4 is 0 Å². The minimum absolute atomic E-state index is 0.194. The van der Waals surface area contributed by atoms with Crippen LogP contribution in [0.15, 0.2) is 0 Å². The van der Waals surface area contributed by atoms with Crippen molar-refractivity contribution in [1.82, 2.24) is 9.80 Å². The highest BCUT2D eigenvalue weighted by Gasteiger charge is 2.32. The number of carbonyl (C=O) groups is 1. The molecular formula is C12H24N2O2. The van der Waals surface area contributed by atoms with Crippen LogP contribution in [0.4, 0.5) is 4.79 Å². The van der Waals surface area contributed by atoms with Gasteiger partial charge in [0, 0.05) is 25.2 Å². The maximum absolute atomic E-state index is 12.0. The summed E-state index contributed by atoms with van der Waals surface area (Å²) in [7, 11) is 2.09. The minimum Gasteiger partial charge on any atom is -0.444 e. The van der Waals surface area contributed by atoms with Crippen molar-refractivity contribution < 1.29 is 9.53 Å². The summed E-state index contributed by atoms with van der Waals surface area (Å²) in [5.74, 6) is 0. The molecule has 1 aliphatic rings. The predicted octanol–water partition coefficient (Wildman–Crippen LogP) is 1.95. The molecule has 0 saturated carbocycles. The van der Waals surface area contributed by atoms with Gasteiger partial charge < -0.3 is 9.64 Å². The second-order valence-electron chi connectivity index (χ2n) is 5.77. The van der Waals surface area contributed by atoms with Gasteiger partial charge in [-0.25, -0.2) is 4.79 Å². The first kappa shape index (κ1) is 13.3. The summed E-state index contributed by atoms with van der Waals surface area (Å²) in [6, 6.07) is 0.611. The van der Waals surface area contributed by atoms with Gasteiger partial charge in [-0.3, -0.25) is 4.90 Å². The number of hydrogen-bond acceptors (Lipinski definition) is 3. The van der Waals surface area contributed by atoms with E-state index in [9.17, 15) is 4.79 Å². The quantitative estimate of drug-likeness (QED) is 0.635. The highest BCUT2D eigenvalue weighted by atomic mass is 16.6. The van der Waals surface area contributed by atoms with Gasteiger partial charge in [-0.15, -0.1) is 0 Å². The van der Waals surface area contributed by atoms with Crippen molar-refractivity contribution in [2.24, 2.45) is 0 Å². The molecule has 4 heteroatoms. The molecule has 0 N–H and O–H groups in total. The Balaban J connectivity index is 2.62. The first-order valence-corrected chi connectivity index (χ1v) is 5.90. The van der Waals surface area contributed by atoms with E-state index in [1.54, 1.807) is 0 Å². The molecule has 1 heterocycles. The van der Waals surface area contributed by atoms with Gasteiger partial charge in [-0.1, -0.05) is 0 Å². The maximum atomic E-state index is 12.0. The van der Waals surface area contributed by atoms with Crippen molar-refractivity contribution in [3.05, 3.63) is 0 Å². The lowest BCUT2D eigenvalue weighted by molar-refractivity contribution is -0.00532. The molecule has 0 aromatic heterocycles. The number of likely N-dealkylation sites (N-methyl/N-ethyl adjacent to an activating group) is 1. The number of amides is 1. The monoisotopic (exact) mass is 228 g/mol. The van der Waals surface area contributed by atoms with Crippen LogP contribution >= 0.6 is 0 Å². The summed E-state index contributed by atoms with van der Waals surface area (Å²) in [4.78, 5) is 16.1. The van der Waals surface area contributed by atoms with Gasteiger partial charge in [0.2, 0.25) is 0 Å². The second kappa shape index (κ2) is 4.62. The number of nitrogens with zero attached hydrogens (tertiary/aromatic N) is 2. The van der Waals surface area contributed by atoms with Crippen LogP contribution in [-0.4, -0.2) is 53.7 Å². The topological polar surface area (TPSA) is 32.8 Å². The molecule has 0 spiro atoms. The van der Waals surface area contributed by atoms with E-state index in [-0.39, 0.29) is 12.1 Å². The van der Waals surface area contributed by atoms with Crippen LogP contribution in [0.1, 0.15) is 34.6 Å². The molecule has 16 heavy (non-hydrogen) atoms. The Kier molecular flexibility index (Phi) is 3.84. The molecule has 1 saturated heterocycles. The lowest BCUT2D eigenvalue weighted by atomic mass is 10.1. The third-order valence-electron chi connectivity index (χ3n) is 2.93. The highest BCUT2D eigenvalue weighted by Crippen LogP contribution is 2.17. The Bertz CT molecular complexity index is 260. The van der Waals surface area contributed by atoms with Gasteiger partial charge in [0.15, 0.2) is 0 Å². The molecule has 1 amide bonds. The average Bonchev–Trinajstić information content (AvgIpc) is 2.08. The van der Waals surface area contributed by atoms with E-state index in [0.29, 0.717) is 6.04 Å². The molecule has 1 fully saturated rings. The van der Waals surface area contributed by atoms with Crippen LogP contribution in [0.3, 0.4) is 0 Å². The molecule has 2 atom stereocenters. The summed E-state index contributed by atoms with van der Waals surface area (Å²) in [5.41, 5.74) is -0.413. The Morgan fingerprint density at radius 3 is 2.25 bits per heavy atom. The second-order valence-corrected chi connectivity index (χ2v) is 5.77. The largest absolute Gasteiger partial charge is 0.444 e. The van der Waals surface area contributed by atoms with Gasteiger partial charge in [0.25, 0.3) is 0 Å². The third kappa shape index (κ3) is 3.37. The average molecular weight is 228 g/mol. The normalized spacial score (nSPS) is 28.0. The zero-order valence-electron chi connectivity index (χ0n) is 11.3. The van der Waals surface area contributed by atoms with Crippen molar-refractivity contribution in [1.29, 1.82) is 0 Å². The molecule has 0 aromatic rings. The van der Waals surface area contributed by atoms with Gasteiger partial charge in [-0.05, 0) is 41.7 Å². The third-order valence-corrected chi connectivity index (χ3v) is 2.93. The van der Waals surface area contributed by atoms with Crippen LogP contribution in [0, 0.1) is 0 Å². The summed E-state index contributed by atoms with van der Waals surface area (Å²) in [6.07, 6.45) is -0.194. The molecule has 0 radical (unpaired) electrons. The molecule has 0 bridgehead atoms. The zero-order valence-corrected chi connectivity index (χ0v) is 11.3. The summed E-state index contributed by atoms with van der Waals surface area (Å²) >= 11 is 0. The van der Waals surface area contributed by atoms with Crippen molar-refractivity contribution >= 4 is 6.09 Å². The van der Waals surface area contributed by atoms with Crippen molar-refractivity contribution in [2.75, 3.05) is 20.1 Å². The van der Waals surface area contributed by atoms with Crippen LogP contribution in [0.2, 0.25) is 0 Å². The number of piperazine rings is 1. The number of rotatable bonds is 0. The van der Waals surface area contributed by atoms with Crippen LogP contribution in [0.5, 0.6) is 0 Å². The first-order valence-electron chi connectivity index (χ1n) is 5.90. The standard InChI is InChI=1S/C12H24N2O2/c1-9-8-14(10(2)7-13(9)6)11(15)16-12(3,4)5/h9-10H,7-8H2,1-6H3/t9-,10+/m1/s1. The fourth-order valence-electron chi connectivity index (χ4n) is 1.87. The summed E-state index contributed by atoms with van der Waals surface area (Å²) in [5, 5.41) is 0. The molecule has 0 aromatic carbocycles. The molecule has 0 unspecified atom stereocenters. The van der Waals surface area contributed by atoms with Crippen LogP contribution in [0.25, 0.3) is 0 Å². The van der Waals surface area contributed by atoms with Gasteiger partial charge in [0.1, 0.15) is 5.60 Å². The number of ether oxygens (including phenoxy) is 1. The molecule has 0 aliphatic carbocycles. The van der Waals surface area contributed by atoms with E-state index < -0.39 is 5.60 Å². The Hall–Kier alpha value is -0.770.